The fourth-order valence-electron chi connectivity index (χ4n) is 3.90. The topological polar surface area (TPSA) is 86.8 Å². The van der Waals surface area contributed by atoms with Gasteiger partial charge in [0.2, 0.25) is 21.8 Å². The van der Waals surface area contributed by atoms with Gasteiger partial charge in [-0.05, 0) is 36.8 Å². The highest BCUT2D eigenvalue weighted by Crippen LogP contribution is 2.23. The molecule has 0 aliphatic heterocycles. The number of anilines is 1. The highest BCUT2D eigenvalue weighted by Gasteiger charge is 2.33. The third kappa shape index (κ3) is 7.87. The maximum atomic E-state index is 14.7. The van der Waals surface area contributed by atoms with Crippen LogP contribution in [-0.4, -0.2) is 50.5 Å². The van der Waals surface area contributed by atoms with Crippen LogP contribution in [0, 0.1) is 5.82 Å². The number of nitrogens with zero attached hydrogens (tertiary/aromatic N) is 2. The number of likely N-dealkylation sites (N-methyl/N-ethyl adjacent to an activating group) is 1. The predicted octanol–water partition coefficient (Wildman–Crippen LogP) is 4.13. The summed E-state index contributed by atoms with van der Waals surface area (Å²) in [5, 5.41) is 2.76. The summed E-state index contributed by atoms with van der Waals surface area (Å²) in [7, 11) is -3.87. The zero-order chi connectivity index (χ0) is 27.0. The molecule has 37 heavy (non-hydrogen) atoms. The Morgan fingerprint density at radius 2 is 1.68 bits per heavy atom. The first-order chi connectivity index (χ1) is 17.6. The molecule has 0 saturated carbocycles. The van der Waals surface area contributed by atoms with Crippen LogP contribution in [0.2, 0.25) is 0 Å². The van der Waals surface area contributed by atoms with Gasteiger partial charge in [-0.15, -0.1) is 0 Å². The molecule has 3 rings (SSSR count). The van der Waals surface area contributed by atoms with Crippen molar-refractivity contribution in [3.05, 3.63) is 100 Å². The van der Waals surface area contributed by atoms with Gasteiger partial charge >= 0.3 is 0 Å². The standard InChI is InChI=1S/C27H29BrFN3O4S/c1-3-30-27(34)25(16-20-10-5-4-6-11-20)31(18-21-12-7-8-15-24(21)29)26(33)19-32(37(2,35)36)23-14-9-13-22(28)17-23/h4-15,17,25H,3,16,18-19H2,1-2H3,(H,30,34). The van der Waals surface area contributed by atoms with Crippen molar-refractivity contribution < 1.29 is 22.4 Å². The molecule has 196 valence electrons. The second kappa shape index (κ2) is 12.8. The molecule has 1 atom stereocenters. The van der Waals surface area contributed by atoms with E-state index < -0.39 is 40.2 Å². The first-order valence-electron chi connectivity index (χ1n) is 11.7. The van der Waals surface area contributed by atoms with E-state index in [1.807, 2.05) is 30.3 Å². The summed E-state index contributed by atoms with van der Waals surface area (Å²) >= 11 is 3.33. The minimum atomic E-state index is -3.87. The first-order valence-corrected chi connectivity index (χ1v) is 14.3. The summed E-state index contributed by atoms with van der Waals surface area (Å²) in [6.45, 7) is 1.32. The third-order valence-corrected chi connectivity index (χ3v) is 7.33. The average molecular weight is 591 g/mol. The van der Waals surface area contributed by atoms with E-state index in [9.17, 15) is 22.4 Å². The number of sulfonamides is 1. The zero-order valence-electron chi connectivity index (χ0n) is 20.6. The number of benzene rings is 3. The Bertz CT molecular complexity index is 1340. The Balaban J connectivity index is 2.05. The summed E-state index contributed by atoms with van der Waals surface area (Å²) in [6, 6.07) is 20.7. The molecule has 0 fully saturated rings. The number of carbonyl (C=O) groups excluding carboxylic acids is 2. The van der Waals surface area contributed by atoms with Crippen molar-refractivity contribution in [1.82, 2.24) is 10.2 Å². The quantitative estimate of drug-likeness (QED) is 0.364. The molecule has 0 heterocycles. The molecule has 10 heteroatoms. The molecule has 3 aromatic carbocycles. The summed E-state index contributed by atoms with van der Waals surface area (Å²) in [5.74, 6) is -1.58. The molecule has 0 aliphatic rings. The minimum Gasteiger partial charge on any atom is -0.355 e. The number of rotatable bonds is 11. The molecule has 1 N–H and O–H groups in total. The molecule has 0 aliphatic carbocycles. The van der Waals surface area contributed by atoms with Gasteiger partial charge in [-0.25, -0.2) is 12.8 Å². The van der Waals surface area contributed by atoms with Gasteiger partial charge in [0.1, 0.15) is 18.4 Å². The van der Waals surface area contributed by atoms with Gasteiger partial charge in [0, 0.05) is 29.5 Å². The molecule has 0 radical (unpaired) electrons. The van der Waals surface area contributed by atoms with Crippen molar-refractivity contribution in [2.75, 3.05) is 23.7 Å². The largest absolute Gasteiger partial charge is 0.355 e. The molecule has 0 aromatic heterocycles. The SMILES string of the molecule is CCNC(=O)C(Cc1ccccc1)N(Cc1ccccc1F)C(=O)CN(c1cccc(Br)c1)S(C)(=O)=O. The fourth-order valence-corrected chi connectivity index (χ4v) is 5.13. The van der Waals surface area contributed by atoms with E-state index in [0.29, 0.717) is 11.0 Å². The number of amides is 2. The van der Waals surface area contributed by atoms with E-state index in [1.54, 1.807) is 37.3 Å². The summed E-state index contributed by atoms with van der Waals surface area (Å²) < 4.78 is 41.7. The maximum absolute atomic E-state index is 14.7. The number of halogens is 2. The Hall–Kier alpha value is -3.24. The molecule has 2 amide bonds. The maximum Gasteiger partial charge on any atom is 0.244 e. The highest BCUT2D eigenvalue weighted by atomic mass is 79.9. The second-order valence-electron chi connectivity index (χ2n) is 8.46. The molecule has 0 spiro atoms. The van der Waals surface area contributed by atoms with Gasteiger partial charge in [-0.3, -0.25) is 13.9 Å². The number of hydrogen-bond acceptors (Lipinski definition) is 4. The molecule has 0 bridgehead atoms. The third-order valence-electron chi connectivity index (χ3n) is 5.70. The van der Waals surface area contributed by atoms with Gasteiger partial charge < -0.3 is 10.2 Å². The van der Waals surface area contributed by atoms with Gasteiger partial charge in [0.05, 0.1) is 11.9 Å². The molecule has 3 aromatic rings. The molecule has 1 unspecified atom stereocenters. The first kappa shape index (κ1) is 28.3. The van der Waals surface area contributed by atoms with Crippen LogP contribution < -0.4 is 9.62 Å². The predicted molar refractivity (Wildman–Crippen MR) is 146 cm³/mol. The lowest BCUT2D eigenvalue weighted by Gasteiger charge is -2.33. The van der Waals surface area contributed by atoms with E-state index in [2.05, 4.69) is 21.2 Å². The smallest absolute Gasteiger partial charge is 0.244 e. The fraction of sp³-hybridized carbons (Fsp3) is 0.259. The van der Waals surface area contributed by atoms with Gasteiger partial charge in [0.25, 0.3) is 0 Å². The van der Waals surface area contributed by atoms with E-state index in [1.165, 1.54) is 23.1 Å². The van der Waals surface area contributed by atoms with Crippen LogP contribution in [0.25, 0.3) is 0 Å². The van der Waals surface area contributed by atoms with Crippen LogP contribution >= 0.6 is 15.9 Å². The summed E-state index contributed by atoms with van der Waals surface area (Å²) in [4.78, 5) is 28.3. The number of carbonyl (C=O) groups is 2. The van der Waals surface area contributed by atoms with E-state index in [4.69, 9.17) is 0 Å². The Morgan fingerprint density at radius 3 is 2.30 bits per heavy atom. The number of nitrogens with one attached hydrogen (secondary N) is 1. The van der Waals surface area contributed by atoms with E-state index >= 15 is 0 Å². The van der Waals surface area contributed by atoms with Gasteiger partial charge in [0.15, 0.2) is 0 Å². The Morgan fingerprint density at radius 1 is 1.00 bits per heavy atom. The van der Waals surface area contributed by atoms with Gasteiger partial charge in [-0.1, -0.05) is 70.5 Å². The van der Waals surface area contributed by atoms with Crippen LogP contribution in [0.1, 0.15) is 18.1 Å². The second-order valence-corrected chi connectivity index (χ2v) is 11.3. The Kier molecular flexibility index (Phi) is 9.82. The normalized spacial score (nSPS) is 12.0. The lowest BCUT2D eigenvalue weighted by atomic mass is 10.0. The van der Waals surface area contributed by atoms with E-state index in [-0.39, 0.29) is 24.2 Å². The van der Waals surface area contributed by atoms with E-state index in [0.717, 1.165) is 16.1 Å². The zero-order valence-corrected chi connectivity index (χ0v) is 23.0. The minimum absolute atomic E-state index is 0.169. The van der Waals surface area contributed by atoms with Crippen LogP contribution in [0.3, 0.4) is 0 Å². The molecular formula is C27H29BrFN3O4S. The van der Waals surface area contributed by atoms with Crippen LogP contribution in [-0.2, 0) is 32.6 Å². The number of hydrogen-bond donors (Lipinski definition) is 1. The lowest BCUT2D eigenvalue weighted by Crippen LogP contribution is -2.53. The summed E-state index contributed by atoms with van der Waals surface area (Å²) in [5.41, 5.74) is 1.30. The molecule has 0 saturated heterocycles. The van der Waals surface area contributed by atoms with Crippen molar-refractivity contribution in [2.45, 2.75) is 25.9 Å². The highest BCUT2D eigenvalue weighted by molar-refractivity contribution is 9.10. The van der Waals surface area contributed by atoms with Crippen molar-refractivity contribution >= 4 is 43.5 Å². The van der Waals surface area contributed by atoms with Crippen LogP contribution in [0.5, 0.6) is 0 Å². The lowest BCUT2D eigenvalue weighted by molar-refractivity contribution is -0.140. The Labute approximate surface area is 225 Å². The van der Waals surface area contributed by atoms with Crippen LogP contribution in [0.15, 0.2) is 83.3 Å². The van der Waals surface area contributed by atoms with Gasteiger partial charge in [-0.2, -0.15) is 0 Å². The van der Waals surface area contributed by atoms with Crippen LogP contribution in [0.4, 0.5) is 10.1 Å². The monoisotopic (exact) mass is 589 g/mol. The molecular weight excluding hydrogens is 561 g/mol. The molecule has 7 nitrogen and oxygen atoms in total. The average Bonchev–Trinajstić information content (AvgIpc) is 2.85. The van der Waals surface area contributed by atoms with Crippen molar-refractivity contribution in [3.8, 4) is 0 Å². The van der Waals surface area contributed by atoms with Crippen molar-refractivity contribution in [2.24, 2.45) is 0 Å². The van der Waals surface area contributed by atoms with Crippen molar-refractivity contribution in [3.63, 3.8) is 0 Å². The van der Waals surface area contributed by atoms with Crippen molar-refractivity contribution in [1.29, 1.82) is 0 Å². The summed E-state index contributed by atoms with van der Waals surface area (Å²) in [6.07, 6.45) is 1.18.